The summed E-state index contributed by atoms with van der Waals surface area (Å²) in [4.78, 5) is 2.15. The smallest absolute Gasteiger partial charge is 0.131 e. The molecule has 0 radical (unpaired) electrons. The van der Waals surface area contributed by atoms with Gasteiger partial charge in [0.1, 0.15) is 11.5 Å². The van der Waals surface area contributed by atoms with E-state index in [1.807, 2.05) is 12.1 Å². The molecule has 2 nitrogen and oxygen atoms in total. The Morgan fingerprint density at radius 1 is 0.947 bits per heavy atom. The van der Waals surface area contributed by atoms with E-state index in [-0.39, 0.29) is 0 Å². The van der Waals surface area contributed by atoms with Crippen molar-refractivity contribution in [1.29, 1.82) is 0 Å². The van der Waals surface area contributed by atoms with Gasteiger partial charge in [-0.05, 0) is 51.7 Å². The van der Waals surface area contributed by atoms with E-state index < -0.39 is 0 Å². The summed E-state index contributed by atoms with van der Waals surface area (Å²) in [5.41, 5.74) is 3.68. The maximum absolute atomic E-state index is 6.02. The lowest BCUT2D eigenvalue weighted by molar-refractivity contribution is 0.388. The number of hydrogen-bond acceptors (Lipinski definition) is 2. The summed E-state index contributed by atoms with van der Waals surface area (Å²) in [6, 6.07) is 14.5. The fraction of sp³-hybridized carbons (Fsp3) is 0.294. The van der Waals surface area contributed by atoms with E-state index in [0.29, 0.717) is 0 Å². The van der Waals surface area contributed by atoms with Crippen molar-refractivity contribution in [2.24, 2.45) is 0 Å². The topological polar surface area (TPSA) is 12.5 Å². The highest BCUT2D eigenvalue weighted by molar-refractivity contribution is 5.41. The van der Waals surface area contributed by atoms with E-state index in [0.717, 1.165) is 18.0 Å². The lowest BCUT2D eigenvalue weighted by atomic mass is 10.1. The second-order valence-corrected chi connectivity index (χ2v) is 5.27. The predicted molar refractivity (Wildman–Crippen MR) is 79.8 cm³/mol. The first-order valence-corrected chi connectivity index (χ1v) is 6.53. The lowest BCUT2D eigenvalue weighted by Gasteiger charge is -2.15. The zero-order valence-electron chi connectivity index (χ0n) is 12.1. The highest BCUT2D eigenvalue weighted by Gasteiger charge is 2.06. The minimum Gasteiger partial charge on any atom is -0.457 e. The molecule has 0 unspecified atom stereocenters. The standard InChI is InChI=1S/C17H21NO/c1-13-6-5-7-16(11-13)19-17-9-8-14(2)10-15(17)12-18(3)4/h5-11H,12H2,1-4H3. The van der Waals surface area contributed by atoms with Gasteiger partial charge in [-0.25, -0.2) is 0 Å². The Bertz CT molecular complexity index is 561. The summed E-state index contributed by atoms with van der Waals surface area (Å²) in [5.74, 6) is 1.83. The SMILES string of the molecule is Cc1cccc(Oc2ccc(C)cc2CN(C)C)c1. The van der Waals surface area contributed by atoms with Crippen LogP contribution in [0, 0.1) is 13.8 Å². The molecule has 2 heteroatoms. The average Bonchev–Trinajstić information content (AvgIpc) is 2.32. The molecule has 0 bridgehead atoms. The van der Waals surface area contributed by atoms with Crippen molar-refractivity contribution in [2.75, 3.05) is 14.1 Å². The minimum absolute atomic E-state index is 0.878. The van der Waals surface area contributed by atoms with E-state index in [9.17, 15) is 0 Å². The Balaban J connectivity index is 2.28. The normalized spacial score (nSPS) is 10.8. The zero-order valence-corrected chi connectivity index (χ0v) is 12.1. The number of nitrogens with zero attached hydrogens (tertiary/aromatic N) is 1. The van der Waals surface area contributed by atoms with Gasteiger partial charge in [-0.3, -0.25) is 0 Å². The van der Waals surface area contributed by atoms with Gasteiger partial charge in [0.05, 0.1) is 0 Å². The molecule has 0 aliphatic carbocycles. The van der Waals surface area contributed by atoms with Crippen molar-refractivity contribution in [2.45, 2.75) is 20.4 Å². The van der Waals surface area contributed by atoms with Gasteiger partial charge in [0.25, 0.3) is 0 Å². The number of rotatable bonds is 4. The number of benzene rings is 2. The van der Waals surface area contributed by atoms with E-state index in [2.05, 4.69) is 63.2 Å². The monoisotopic (exact) mass is 255 g/mol. The molecule has 0 N–H and O–H groups in total. The Morgan fingerprint density at radius 3 is 2.37 bits per heavy atom. The molecule has 0 atom stereocenters. The van der Waals surface area contributed by atoms with Crippen molar-refractivity contribution in [3.63, 3.8) is 0 Å². The van der Waals surface area contributed by atoms with Gasteiger partial charge in [-0.15, -0.1) is 0 Å². The van der Waals surface area contributed by atoms with E-state index >= 15 is 0 Å². The fourth-order valence-electron chi connectivity index (χ4n) is 2.08. The van der Waals surface area contributed by atoms with Crippen molar-refractivity contribution < 1.29 is 4.74 Å². The maximum atomic E-state index is 6.02. The third kappa shape index (κ3) is 3.83. The molecular formula is C17H21NO. The highest BCUT2D eigenvalue weighted by atomic mass is 16.5. The van der Waals surface area contributed by atoms with Crippen LogP contribution in [0.1, 0.15) is 16.7 Å². The molecule has 2 aromatic rings. The summed E-state index contributed by atoms with van der Waals surface area (Å²) in [6.07, 6.45) is 0. The third-order valence-corrected chi connectivity index (χ3v) is 2.92. The Labute approximate surface area is 115 Å². The van der Waals surface area contributed by atoms with Gasteiger partial charge < -0.3 is 9.64 Å². The molecule has 19 heavy (non-hydrogen) atoms. The van der Waals surface area contributed by atoms with Gasteiger partial charge in [0, 0.05) is 12.1 Å². The van der Waals surface area contributed by atoms with Crippen LogP contribution >= 0.6 is 0 Å². The molecule has 0 saturated carbocycles. The molecule has 0 saturated heterocycles. The molecule has 2 aromatic carbocycles. The summed E-state index contributed by atoms with van der Waals surface area (Å²) < 4.78 is 6.02. The summed E-state index contributed by atoms with van der Waals surface area (Å²) in [6.45, 7) is 5.06. The summed E-state index contributed by atoms with van der Waals surface area (Å²) >= 11 is 0. The first-order valence-electron chi connectivity index (χ1n) is 6.53. The summed E-state index contributed by atoms with van der Waals surface area (Å²) in [7, 11) is 4.14. The second kappa shape index (κ2) is 5.89. The Kier molecular flexibility index (Phi) is 4.23. The van der Waals surface area contributed by atoms with Crippen LogP contribution in [0.25, 0.3) is 0 Å². The van der Waals surface area contributed by atoms with Crippen molar-refractivity contribution in [1.82, 2.24) is 4.90 Å². The van der Waals surface area contributed by atoms with Crippen LogP contribution < -0.4 is 4.74 Å². The van der Waals surface area contributed by atoms with Crippen molar-refractivity contribution in [3.05, 3.63) is 59.2 Å². The number of ether oxygens (including phenoxy) is 1. The fourth-order valence-corrected chi connectivity index (χ4v) is 2.08. The van der Waals surface area contributed by atoms with E-state index in [1.54, 1.807) is 0 Å². The van der Waals surface area contributed by atoms with Crippen molar-refractivity contribution >= 4 is 0 Å². The second-order valence-electron chi connectivity index (χ2n) is 5.27. The number of aryl methyl sites for hydroxylation is 2. The molecule has 0 aliphatic heterocycles. The van der Waals surface area contributed by atoms with Crippen LogP contribution in [0.15, 0.2) is 42.5 Å². The molecule has 0 amide bonds. The molecule has 0 aliphatic rings. The maximum Gasteiger partial charge on any atom is 0.131 e. The highest BCUT2D eigenvalue weighted by Crippen LogP contribution is 2.27. The largest absolute Gasteiger partial charge is 0.457 e. The number of hydrogen-bond donors (Lipinski definition) is 0. The Hall–Kier alpha value is -1.80. The predicted octanol–water partition coefficient (Wildman–Crippen LogP) is 4.16. The quantitative estimate of drug-likeness (QED) is 0.813. The van der Waals surface area contributed by atoms with Crippen LogP contribution in [0.5, 0.6) is 11.5 Å². The third-order valence-electron chi connectivity index (χ3n) is 2.92. The molecule has 0 heterocycles. The van der Waals surface area contributed by atoms with Crippen LogP contribution in [-0.4, -0.2) is 19.0 Å². The van der Waals surface area contributed by atoms with Crippen molar-refractivity contribution in [3.8, 4) is 11.5 Å². The first-order chi connectivity index (χ1) is 9.04. The minimum atomic E-state index is 0.878. The van der Waals surface area contributed by atoms with E-state index in [4.69, 9.17) is 4.74 Å². The molecule has 100 valence electrons. The first kappa shape index (κ1) is 13.6. The van der Waals surface area contributed by atoms with Crippen LogP contribution in [0.4, 0.5) is 0 Å². The Morgan fingerprint density at radius 2 is 1.68 bits per heavy atom. The molecule has 0 aromatic heterocycles. The lowest BCUT2D eigenvalue weighted by Crippen LogP contribution is -2.11. The molecular weight excluding hydrogens is 234 g/mol. The van der Waals surface area contributed by atoms with Gasteiger partial charge in [0.2, 0.25) is 0 Å². The van der Waals surface area contributed by atoms with Crippen LogP contribution in [-0.2, 0) is 6.54 Å². The molecule has 2 rings (SSSR count). The summed E-state index contributed by atoms with van der Waals surface area (Å²) in [5, 5.41) is 0. The van der Waals surface area contributed by atoms with Gasteiger partial charge in [-0.2, -0.15) is 0 Å². The van der Waals surface area contributed by atoms with E-state index in [1.165, 1.54) is 16.7 Å². The molecule has 0 fully saturated rings. The van der Waals surface area contributed by atoms with Gasteiger partial charge >= 0.3 is 0 Å². The van der Waals surface area contributed by atoms with Gasteiger partial charge in [0.15, 0.2) is 0 Å². The van der Waals surface area contributed by atoms with Crippen LogP contribution in [0.3, 0.4) is 0 Å². The molecule has 0 spiro atoms. The van der Waals surface area contributed by atoms with Gasteiger partial charge in [-0.1, -0.05) is 29.8 Å². The zero-order chi connectivity index (χ0) is 13.8. The average molecular weight is 255 g/mol. The van der Waals surface area contributed by atoms with Crippen LogP contribution in [0.2, 0.25) is 0 Å².